The molecule has 1 aliphatic heterocycles. The van der Waals surface area contributed by atoms with Crippen LogP contribution in [0.25, 0.3) is 22.5 Å². The predicted octanol–water partition coefficient (Wildman–Crippen LogP) is 2.02. The third-order valence-electron chi connectivity index (χ3n) is 6.24. The van der Waals surface area contributed by atoms with E-state index in [1.807, 2.05) is 20.9 Å². The van der Waals surface area contributed by atoms with E-state index < -0.39 is 22.7 Å². The summed E-state index contributed by atoms with van der Waals surface area (Å²) < 4.78 is 45.8. The number of pyridine rings is 1. The minimum absolute atomic E-state index is 0.302. The Balaban J connectivity index is 2.05. The van der Waals surface area contributed by atoms with E-state index in [4.69, 9.17) is 9.15 Å². The van der Waals surface area contributed by atoms with Crippen molar-refractivity contribution in [1.29, 1.82) is 0 Å². The molecule has 158 valence electrons. The Morgan fingerprint density at radius 1 is 1.26 bits per heavy atom. The number of nitrogens with zero attached hydrogens (tertiary/aromatic N) is 3. The lowest BCUT2D eigenvalue weighted by Crippen LogP contribution is -2.52. The summed E-state index contributed by atoms with van der Waals surface area (Å²) in [5, 5.41) is 0. The average Bonchev–Trinajstić information content (AvgIpc) is 3.26. The minimum atomic E-state index is -0.843. The minimum Gasteiger partial charge on any atom is -0.496 e. The second-order valence-electron chi connectivity index (χ2n) is 8.03. The van der Waals surface area contributed by atoms with Gasteiger partial charge in [-0.15, -0.1) is 0 Å². The first-order valence-electron chi connectivity index (χ1n) is 9.93. The monoisotopic (exact) mass is 425 g/mol. The van der Waals surface area contributed by atoms with Gasteiger partial charge >= 0.3 is 11.2 Å². The van der Waals surface area contributed by atoms with E-state index in [1.54, 1.807) is 44.4 Å². The fourth-order valence-electron chi connectivity index (χ4n) is 4.55. The van der Waals surface area contributed by atoms with Crippen molar-refractivity contribution in [1.82, 2.24) is 4.40 Å². The first-order valence-corrected chi connectivity index (χ1v) is 9.93. The third kappa shape index (κ3) is 2.57. The van der Waals surface area contributed by atoms with Crippen LogP contribution in [0.15, 0.2) is 52.2 Å². The molecule has 0 saturated heterocycles. The molecule has 0 spiro atoms. The molecule has 1 aromatic carbocycles. The molecule has 0 bridgehead atoms. The maximum absolute atomic E-state index is 15.1. The molecule has 4 aromatic rings. The Morgan fingerprint density at radius 2 is 2.03 bits per heavy atom. The zero-order chi connectivity index (χ0) is 22.1. The number of benzene rings is 1. The number of hydrogen-bond donors (Lipinski definition) is 0. The molecular formula is C23H21F2N3O3+2. The van der Waals surface area contributed by atoms with E-state index in [1.165, 1.54) is 13.2 Å². The smallest absolute Gasteiger partial charge is 0.391 e. The highest BCUT2D eigenvalue weighted by molar-refractivity contribution is 5.74. The fraction of sp³-hybridized carbons (Fsp3) is 0.261. The zero-order valence-corrected chi connectivity index (χ0v) is 17.6. The lowest BCUT2D eigenvalue weighted by molar-refractivity contribution is -0.670. The molecule has 1 aliphatic rings. The van der Waals surface area contributed by atoms with Crippen LogP contribution >= 0.6 is 0 Å². The zero-order valence-electron chi connectivity index (χ0n) is 17.6. The number of hydrogen-bond acceptors (Lipinski definition) is 3. The highest BCUT2D eigenvalue weighted by atomic mass is 19.1. The van der Waals surface area contributed by atoms with Crippen LogP contribution in [0.4, 0.5) is 8.78 Å². The first-order chi connectivity index (χ1) is 14.8. The summed E-state index contributed by atoms with van der Waals surface area (Å²) in [4.78, 5) is 12.6. The molecule has 31 heavy (non-hydrogen) atoms. The molecule has 0 radical (unpaired) electrons. The molecule has 6 nitrogen and oxygen atoms in total. The van der Waals surface area contributed by atoms with E-state index in [9.17, 15) is 9.18 Å². The lowest BCUT2D eigenvalue weighted by Gasteiger charge is -2.32. The number of rotatable bonds is 2. The largest absolute Gasteiger partial charge is 0.496 e. The Morgan fingerprint density at radius 3 is 2.74 bits per heavy atom. The molecule has 4 heterocycles. The van der Waals surface area contributed by atoms with Crippen molar-refractivity contribution in [2.45, 2.75) is 25.7 Å². The van der Waals surface area contributed by atoms with Gasteiger partial charge in [-0.1, -0.05) is 6.92 Å². The number of fused-ring (bicyclic) bond motifs is 4. The van der Waals surface area contributed by atoms with Gasteiger partial charge in [0.1, 0.15) is 23.6 Å². The van der Waals surface area contributed by atoms with Crippen molar-refractivity contribution < 1.29 is 27.1 Å². The summed E-state index contributed by atoms with van der Waals surface area (Å²) in [5.41, 5.74) is 1.28. The fourth-order valence-corrected chi connectivity index (χ4v) is 4.55. The molecule has 5 rings (SSSR count). The summed E-state index contributed by atoms with van der Waals surface area (Å²) in [7, 11) is 3.34. The van der Waals surface area contributed by atoms with Gasteiger partial charge in [-0.25, -0.2) is 18.1 Å². The summed E-state index contributed by atoms with van der Waals surface area (Å²) in [6, 6.07) is 5.69. The number of oxazole rings is 1. The highest BCUT2D eigenvalue weighted by Gasteiger charge is 2.49. The molecule has 1 unspecified atom stereocenters. The van der Waals surface area contributed by atoms with Gasteiger partial charge in [-0.2, -0.15) is 8.97 Å². The number of aromatic nitrogens is 3. The van der Waals surface area contributed by atoms with Gasteiger partial charge in [0.2, 0.25) is 5.69 Å². The topological polar surface area (TPSA) is 51.6 Å². The summed E-state index contributed by atoms with van der Waals surface area (Å²) in [6.45, 7) is 3.85. The molecule has 0 fully saturated rings. The van der Waals surface area contributed by atoms with E-state index in [-0.39, 0.29) is 0 Å². The van der Waals surface area contributed by atoms with Crippen molar-refractivity contribution in [3.05, 3.63) is 76.2 Å². The van der Waals surface area contributed by atoms with Gasteiger partial charge in [0.15, 0.2) is 6.20 Å². The Hall–Kier alpha value is -3.55. The van der Waals surface area contributed by atoms with Crippen molar-refractivity contribution in [3.8, 4) is 17.0 Å². The normalized spacial score (nSPS) is 19.4. The predicted molar refractivity (Wildman–Crippen MR) is 107 cm³/mol. The van der Waals surface area contributed by atoms with Gasteiger partial charge in [0.25, 0.3) is 17.5 Å². The molecule has 0 N–H and O–H groups in total. The number of imidazole rings is 1. The Bertz CT molecular complexity index is 1490. The van der Waals surface area contributed by atoms with Gasteiger partial charge in [-0.3, -0.25) is 0 Å². The van der Waals surface area contributed by atoms with Crippen LogP contribution in [0.2, 0.25) is 0 Å². The van der Waals surface area contributed by atoms with Crippen LogP contribution in [0.1, 0.15) is 25.8 Å². The second-order valence-corrected chi connectivity index (χ2v) is 8.03. The van der Waals surface area contributed by atoms with Gasteiger partial charge in [0.05, 0.1) is 31.2 Å². The number of aryl methyl sites for hydroxylation is 1. The summed E-state index contributed by atoms with van der Waals surface area (Å²) in [6.07, 6.45) is 5.69. The van der Waals surface area contributed by atoms with Crippen LogP contribution in [0.3, 0.4) is 0 Å². The van der Waals surface area contributed by atoms with E-state index in [0.717, 1.165) is 6.07 Å². The van der Waals surface area contributed by atoms with Crippen molar-refractivity contribution >= 4 is 11.2 Å². The maximum Gasteiger partial charge on any atom is 0.391 e. The number of halogens is 2. The molecule has 8 heteroatoms. The highest BCUT2D eigenvalue weighted by Crippen LogP contribution is 2.45. The molecule has 0 saturated carbocycles. The van der Waals surface area contributed by atoms with E-state index >= 15 is 4.39 Å². The Labute approximate surface area is 176 Å². The number of ether oxygens (including phenoxy) is 1. The molecule has 1 atom stereocenters. The maximum atomic E-state index is 15.1. The van der Waals surface area contributed by atoms with E-state index in [0.29, 0.717) is 45.8 Å². The summed E-state index contributed by atoms with van der Waals surface area (Å²) >= 11 is 0. The van der Waals surface area contributed by atoms with Crippen LogP contribution in [0.5, 0.6) is 5.75 Å². The molecule has 3 aromatic heterocycles. The Kier molecular flexibility index (Phi) is 4.05. The van der Waals surface area contributed by atoms with E-state index in [2.05, 4.69) is 0 Å². The first kappa shape index (κ1) is 19.4. The van der Waals surface area contributed by atoms with Gasteiger partial charge in [-0.05, 0) is 25.0 Å². The van der Waals surface area contributed by atoms with Gasteiger partial charge < -0.3 is 9.15 Å². The van der Waals surface area contributed by atoms with Gasteiger partial charge in [0, 0.05) is 12.1 Å². The van der Waals surface area contributed by atoms with Crippen LogP contribution in [-0.2, 0) is 12.5 Å². The molecule has 0 aliphatic carbocycles. The second kappa shape index (κ2) is 6.47. The van der Waals surface area contributed by atoms with Crippen LogP contribution in [-0.4, -0.2) is 11.5 Å². The lowest BCUT2D eigenvalue weighted by atomic mass is 9.72. The third-order valence-corrected chi connectivity index (χ3v) is 6.24. The van der Waals surface area contributed by atoms with Crippen molar-refractivity contribution in [2.24, 2.45) is 7.05 Å². The number of methoxy groups -OCH3 is 1. The summed E-state index contributed by atoms with van der Waals surface area (Å²) in [5.74, 6) is -0.785. The average molecular weight is 425 g/mol. The standard InChI is InChI=1S/C23H21F2N3O3/c1-5-23(2)15-8-13(24)9-16(25)19(15)17-10-14(30-4)6-7-27(17)20(23)21-28-12-26(3)11-18(28)22(29)31-21/h6-12H,5H2,1-4H3/q+2. The molecular weight excluding hydrogens is 404 g/mol. The quantitative estimate of drug-likeness (QED) is 0.462. The van der Waals surface area contributed by atoms with Crippen molar-refractivity contribution in [2.75, 3.05) is 7.11 Å². The van der Waals surface area contributed by atoms with Crippen molar-refractivity contribution in [3.63, 3.8) is 0 Å². The molecule has 0 amide bonds. The van der Waals surface area contributed by atoms with Crippen LogP contribution in [0, 0.1) is 11.6 Å². The SMILES string of the molecule is CCC1(C)C(=c2oc(=O)c3c[n+](C)cn23)[n+]2ccc(OC)cc2-c2c(F)cc(F)cc21. The van der Waals surface area contributed by atoms with Crippen LogP contribution < -0.4 is 25.0 Å².